The van der Waals surface area contributed by atoms with Gasteiger partial charge in [0.15, 0.2) is 0 Å². The van der Waals surface area contributed by atoms with Gasteiger partial charge in [0, 0.05) is 25.2 Å². The Balaban J connectivity index is 1.99. The molecule has 0 spiro atoms. The normalized spacial score (nSPS) is 28.1. The van der Waals surface area contributed by atoms with E-state index in [9.17, 15) is 5.11 Å². The zero-order valence-corrected chi connectivity index (χ0v) is 13.7. The molecule has 2 aliphatic rings. The molecule has 1 aliphatic heterocycles. The number of aliphatic hydroxyl groups excluding tert-OH is 1. The maximum Gasteiger partial charge on any atom is 0.0628 e. The highest BCUT2D eigenvalue weighted by atomic mass is 16.3. The largest absolute Gasteiger partial charge is 0.394 e. The standard InChI is InChI=1S/C16H33N3O/c1-13(2)17-16(12-20,14-7-8-14)11-19(4)15-6-5-9-18(3)10-15/h13-15,17,20H,5-12H2,1-4H3. The molecule has 0 amide bonds. The lowest BCUT2D eigenvalue weighted by molar-refractivity contribution is 0.0568. The van der Waals surface area contributed by atoms with Crippen LogP contribution in [0, 0.1) is 5.92 Å². The van der Waals surface area contributed by atoms with E-state index in [-0.39, 0.29) is 12.1 Å². The van der Waals surface area contributed by atoms with E-state index < -0.39 is 0 Å². The molecule has 2 N–H and O–H groups in total. The van der Waals surface area contributed by atoms with Crippen molar-refractivity contribution in [2.24, 2.45) is 5.92 Å². The third kappa shape index (κ3) is 3.94. The maximum absolute atomic E-state index is 10.0. The quantitative estimate of drug-likeness (QED) is 0.735. The molecule has 4 heteroatoms. The van der Waals surface area contributed by atoms with Crippen LogP contribution < -0.4 is 5.32 Å². The van der Waals surface area contributed by atoms with Crippen LogP contribution in [0.25, 0.3) is 0 Å². The summed E-state index contributed by atoms with van der Waals surface area (Å²) in [6.07, 6.45) is 5.10. The minimum absolute atomic E-state index is 0.0983. The summed E-state index contributed by atoms with van der Waals surface area (Å²) in [7, 11) is 4.45. The van der Waals surface area contributed by atoms with Gasteiger partial charge in [-0.3, -0.25) is 0 Å². The van der Waals surface area contributed by atoms with Gasteiger partial charge in [-0.15, -0.1) is 0 Å². The lowest BCUT2D eigenvalue weighted by Crippen LogP contribution is -2.61. The first-order valence-electron chi connectivity index (χ1n) is 8.24. The average Bonchev–Trinajstić information content (AvgIpc) is 3.21. The van der Waals surface area contributed by atoms with Gasteiger partial charge in [0.2, 0.25) is 0 Å². The van der Waals surface area contributed by atoms with Crippen LogP contribution in [0.4, 0.5) is 0 Å². The molecule has 1 saturated carbocycles. The first-order chi connectivity index (χ1) is 9.47. The Labute approximate surface area is 124 Å². The number of nitrogens with one attached hydrogen (secondary N) is 1. The molecular weight excluding hydrogens is 250 g/mol. The van der Waals surface area contributed by atoms with E-state index in [0.29, 0.717) is 18.0 Å². The summed E-state index contributed by atoms with van der Waals surface area (Å²) in [4.78, 5) is 4.91. The summed E-state index contributed by atoms with van der Waals surface area (Å²) < 4.78 is 0. The lowest BCUT2D eigenvalue weighted by atomic mass is 9.91. The zero-order chi connectivity index (χ0) is 14.8. The Bertz CT molecular complexity index is 306. The number of likely N-dealkylation sites (tertiary alicyclic amines) is 1. The van der Waals surface area contributed by atoms with E-state index in [0.717, 1.165) is 13.1 Å². The van der Waals surface area contributed by atoms with Gasteiger partial charge in [0.25, 0.3) is 0 Å². The van der Waals surface area contributed by atoms with Crippen LogP contribution in [0.2, 0.25) is 0 Å². The molecule has 1 saturated heterocycles. The fraction of sp³-hybridized carbons (Fsp3) is 1.00. The summed E-state index contributed by atoms with van der Waals surface area (Å²) in [6, 6.07) is 1.05. The molecule has 2 fully saturated rings. The molecule has 0 aromatic carbocycles. The Kier molecular flexibility index (Phi) is 5.46. The molecule has 2 rings (SSSR count). The topological polar surface area (TPSA) is 38.7 Å². The van der Waals surface area contributed by atoms with Crippen molar-refractivity contribution in [2.45, 2.75) is 57.2 Å². The van der Waals surface area contributed by atoms with Gasteiger partial charge in [0.1, 0.15) is 0 Å². The predicted molar refractivity (Wildman–Crippen MR) is 84.0 cm³/mol. The fourth-order valence-corrected chi connectivity index (χ4v) is 3.80. The molecule has 1 heterocycles. The van der Waals surface area contributed by atoms with Crippen molar-refractivity contribution in [1.29, 1.82) is 0 Å². The first kappa shape index (κ1) is 16.2. The summed E-state index contributed by atoms with van der Waals surface area (Å²) in [5.74, 6) is 0.652. The van der Waals surface area contributed by atoms with Crippen molar-refractivity contribution < 1.29 is 5.11 Å². The minimum Gasteiger partial charge on any atom is -0.394 e. The van der Waals surface area contributed by atoms with Gasteiger partial charge in [-0.05, 0) is 52.2 Å². The third-order valence-electron chi connectivity index (χ3n) is 4.97. The number of piperidine rings is 1. The van der Waals surface area contributed by atoms with E-state index in [4.69, 9.17) is 0 Å². The van der Waals surface area contributed by atoms with Gasteiger partial charge in [0.05, 0.1) is 12.1 Å². The van der Waals surface area contributed by atoms with Gasteiger partial charge in [-0.2, -0.15) is 0 Å². The molecule has 118 valence electrons. The van der Waals surface area contributed by atoms with Crippen molar-refractivity contribution in [3.05, 3.63) is 0 Å². The third-order valence-corrected chi connectivity index (χ3v) is 4.97. The van der Waals surface area contributed by atoms with Gasteiger partial charge >= 0.3 is 0 Å². The lowest BCUT2D eigenvalue weighted by Gasteiger charge is -2.43. The SMILES string of the molecule is CC(C)NC(CO)(CN(C)C1CCCN(C)C1)C1CC1. The van der Waals surface area contributed by atoms with E-state index in [2.05, 4.69) is 43.1 Å². The molecule has 1 aliphatic carbocycles. The van der Waals surface area contributed by atoms with Crippen molar-refractivity contribution in [2.75, 3.05) is 40.3 Å². The highest BCUT2D eigenvalue weighted by Crippen LogP contribution is 2.40. The Morgan fingerprint density at radius 2 is 2.05 bits per heavy atom. The molecule has 2 unspecified atom stereocenters. The second-order valence-electron chi connectivity index (χ2n) is 7.36. The van der Waals surface area contributed by atoms with Crippen molar-refractivity contribution in [3.63, 3.8) is 0 Å². The number of rotatable bonds is 7. The maximum atomic E-state index is 10.0. The van der Waals surface area contributed by atoms with Crippen LogP contribution in [0.15, 0.2) is 0 Å². The average molecular weight is 283 g/mol. The van der Waals surface area contributed by atoms with Gasteiger partial charge in [-0.1, -0.05) is 13.8 Å². The zero-order valence-electron chi connectivity index (χ0n) is 13.7. The molecule has 0 aromatic heterocycles. The highest BCUT2D eigenvalue weighted by Gasteiger charge is 2.46. The summed E-state index contributed by atoms with van der Waals surface area (Å²) in [5, 5.41) is 13.7. The van der Waals surface area contributed by atoms with Crippen molar-refractivity contribution in [3.8, 4) is 0 Å². The van der Waals surface area contributed by atoms with Crippen molar-refractivity contribution in [1.82, 2.24) is 15.1 Å². The van der Waals surface area contributed by atoms with Crippen LogP contribution in [-0.2, 0) is 0 Å². The van der Waals surface area contributed by atoms with Gasteiger partial charge < -0.3 is 20.2 Å². The van der Waals surface area contributed by atoms with Crippen molar-refractivity contribution >= 4 is 0 Å². The van der Waals surface area contributed by atoms with Crippen LogP contribution in [-0.4, -0.2) is 72.9 Å². The molecular formula is C16H33N3O. The first-order valence-corrected chi connectivity index (χ1v) is 8.24. The molecule has 4 nitrogen and oxygen atoms in total. The smallest absolute Gasteiger partial charge is 0.0628 e. The highest BCUT2D eigenvalue weighted by molar-refractivity contribution is 5.04. The van der Waals surface area contributed by atoms with E-state index in [1.54, 1.807) is 0 Å². The Morgan fingerprint density at radius 1 is 1.35 bits per heavy atom. The molecule has 0 aromatic rings. The van der Waals surface area contributed by atoms with E-state index in [1.807, 2.05) is 0 Å². The van der Waals surface area contributed by atoms with Crippen LogP contribution in [0.1, 0.15) is 39.5 Å². The molecule has 0 radical (unpaired) electrons. The number of nitrogens with zero attached hydrogens (tertiary/aromatic N) is 2. The van der Waals surface area contributed by atoms with Crippen LogP contribution in [0.5, 0.6) is 0 Å². The Hall–Kier alpha value is -0.160. The van der Waals surface area contributed by atoms with Crippen LogP contribution in [0.3, 0.4) is 0 Å². The molecule has 2 atom stereocenters. The fourth-order valence-electron chi connectivity index (χ4n) is 3.80. The second kappa shape index (κ2) is 6.73. The summed E-state index contributed by atoms with van der Waals surface area (Å²) in [6.45, 7) is 7.96. The monoisotopic (exact) mass is 283 g/mol. The minimum atomic E-state index is -0.0983. The predicted octanol–water partition coefficient (Wildman–Crippen LogP) is 1.15. The number of hydrogen-bond acceptors (Lipinski definition) is 4. The summed E-state index contributed by atoms with van der Waals surface area (Å²) in [5.41, 5.74) is -0.0983. The number of likely N-dealkylation sites (N-methyl/N-ethyl adjacent to an activating group) is 2. The Morgan fingerprint density at radius 3 is 2.55 bits per heavy atom. The van der Waals surface area contributed by atoms with E-state index >= 15 is 0 Å². The number of hydrogen-bond donors (Lipinski definition) is 2. The van der Waals surface area contributed by atoms with Crippen LogP contribution >= 0.6 is 0 Å². The molecule has 20 heavy (non-hydrogen) atoms. The molecule has 0 bridgehead atoms. The van der Waals surface area contributed by atoms with Gasteiger partial charge in [-0.25, -0.2) is 0 Å². The number of aliphatic hydroxyl groups is 1. The second-order valence-corrected chi connectivity index (χ2v) is 7.36. The van der Waals surface area contributed by atoms with E-state index in [1.165, 1.54) is 32.2 Å². The summed E-state index contributed by atoms with van der Waals surface area (Å²) >= 11 is 0.